The van der Waals surface area contributed by atoms with E-state index in [2.05, 4.69) is 32.2 Å². The van der Waals surface area contributed by atoms with E-state index in [0.29, 0.717) is 18.3 Å². The lowest BCUT2D eigenvalue weighted by molar-refractivity contribution is 0.415. The van der Waals surface area contributed by atoms with Crippen LogP contribution in [0.4, 0.5) is 5.82 Å². The summed E-state index contributed by atoms with van der Waals surface area (Å²) < 4.78 is 12.6. The second-order valence-corrected chi connectivity index (χ2v) is 6.45. The molecule has 0 N–H and O–H groups in total. The van der Waals surface area contributed by atoms with Crippen molar-refractivity contribution in [2.75, 3.05) is 19.1 Å². The maximum Gasteiger partial charge on any atom is 0.259 e. The van der Waals surface area contributed by atoms with Gasteiger partial charge >= 0.3 is 0 Å². The molecule has 0 amide bonds. The third-order valence-corrected chi connectivity index (χ3v) is 4.58. The van der Waals surface area contributed by atoms with Gasteiger partial charge < -0.3 is 18.7 Å². The Labute approximate surface area is 168 Å². The number of hydrogen-bond acceptors (Lipinski definition) is 8. The Kier molecular flexibility index (Phi) is 5.19. The van der Waals surface area contributed by atoms with Gasteiger partial charge in [0, 0.05) is 25.4 Å². The van der Waals surface area contributed by atoms with E-state index in [1.165, 1.54) is 0 Å². The highest BCUT2D eigenvalue weighted by molar-refractivity contribution is 5.60. The first-order valence-electron chi connectivity index (χ1n) is 9.20. The third kappa shape index (κ3) is 3.93. The number of ether oxygens (including phenoxy) is 1. The highest BCUT2D eigenvalue weighted by atomic mass is 16.5. The van der Waals surface area contributed by atoms with Gasteiger partial charge in [-0.25, -0.2) is 4.98 Å². The molecule has 0 aliphatic carbocycles. The predicted molar refractivity (Wildman–Crippen MR) is 107 cm³/mol. The zero-order chi connectivity index (χ0) is 20.2. The van der Waals surface area contributed by atoms with Gasteiger partial charge in [-0.1, -0.05) is 5.16 Å². The van der Waals surface area contributed by atoms with Crippen LogP contribution in [0.25, 0.3) is 22.8 Å². The number of aryl methyl sites for hydroxylation is 1. The van der Waals surface area contributed by atoms with Crippen LogP contribution in [0, 0.1) is 0 Å². The summed E-state index contributed by atoms with van der Waals surface area (Å²) in [6.07, 6.45) is 3.46. The Balaban J connectivity index is 1.48. The van der Waals surface area contributed by atoms with Crippen LogP contribution < -0.4 is 9.64 Å². The summed E-state index contributed by atoms with van der Waals surface area (Å²) >= 11 is 0. The van der Waals surface area contributed by atoms with Crippen molar-refractivity contribution in [3.8, 4) is 28.6 Å². The molecule has 0 radical (unpaired) electrons. The number of anilines is 1. The van der Waals surface area contributed by atoms with Crippen LogP contribution >= 0.6 is 0 Å². The minimum atomic E-state index is 0.420. The number of methoxy groups -OCH3 is 1. The Morgan fingerprint density at radius 1 is 1.10 bits per heavy atom. The van der Waals surface area contributed by atoms with Crippen molar-refractivity contribution in [2.24, 2.45) is 0 Å². The van der Waals surface area contributed by atoms with Crippen LogP contribution in [0.5, 0.6) is 5.75 Å². The number of aromatic nitrogens is 6. The molecule has 4 rings (SSSR count). The molecule has 0 unspecified atom stereocenters. The van der Waals surface area contributed by atoms with Crippen LogP contribution in [0.1, 0.15) is 12.7 Å². The van der Waals surface area contributed by atoms with Gasteiger partial charge in [0.2, 0.25) is 5.82 Å². The van der Waals surface area contributed by atoms with E-state index in [0.717, 1.165) is 35.1 Å². The van der Waals surface area contributed by atoms with Crippen LogP contribution in [0.15, 0.2) is 53.4 Å². The lowest BCUT2D eigenvalue weighted by atomic mass is 10.2. The summed E-state index contributed by atoms with van der Waals surface area (Å²) in [6, 6.07) is 11.3. The van der Waals surface area contributed by atoms with E-state index >= 15 is 0 Å². The molecule has 4 aromatic rings. The maximum absolute atomic E-state index is 5.41. The summed E-state index contributed by atoms with van der Waals surface area (Å²) in [4.78, 5) is 11.0. The molecule has 0 spiro atoms. The van der Waals surface area contributed by atoms with Crippen LogP contribution in [0.3, 0.4) is 0 Å². The second kappa shape index (κ2) is 8.09. The van der Waals surface area contributed by atoms with E-state index < -0.39 is 0 Å². The van der Waals surface area contributed by atoms with Gasteiger partial charge in [-0.05, 0) is 43.3 Å². The average Bonchev–Trinajstić information content (AvgIpc) is 3.43. The predicted octanol–water partition coefficient (Wildman–Crippen LogP) is 3.06. The van der Waals surface area contributed by atoms with Crippen molar-refractivity contribution in [1.82, 2.24) is 29.9 Å². The highest BCUT2D eigenvalue weighted by Gasteiger charge is 2.13. The van der Waals surface area contributed by atoms with E-state index in [1.807, 2.05) is 52.9 Å². The molecule has 0 atom stereocenters. The van der Waals surface area contributed by atoms with Crippen LogP contribution in [0.2, 0.25) is 0 Å². The molecule has 148 valence electrons. The monoisotopic (exact) mass is 391 g/mol. The smallest absolute Gasteiger partial charge is 0.259 e. The molecule has 9 heteroatoms. The van der Waals surface area contributed by atoms with Gasteiger partial charge in [0.15, 0.2) is 5.82 Å². The molecule has 0 saturated heterocycles. The number of nitrogens with zero attached hydrogens (tertiary/aromatic N) is 7. The Morgan fingerprint density at radius 3 is 2.59 bits per heavy atom. The molecule has 0 fully saturated rings. The minimum Gasteiger partial charge on any atom is -0.497 e. The molecule has 0 aliphatic heterocycles. The Bertz CT molecular complexity index is 1070. The molecular formula is C20H21N7O2. The van der Waals surface area contributed by atoms with Gasteiger partial charge in [0.25, 0.3) is 5.89 Å². The fourth-order valence-corrected chi connectivity index (χ4v) is 2.90. The largest absolute Gasteiger partial charge is 0.497 e. The van der Waals surface area contributed by atoms with Crippen molar-refractivity contribution < 1.29 is 9.26 Å². The van der Waals surface area contributed by atoms with E-state index in [-0.39, 0.29) is 0 Å². The molecule has 3 heterocycles. The lowest BCUT2D eigenvalue weighted by Crippen LogP contribution is -2.20. The standard InChI is InChI=1S/C20H21N7O2/c1-4-27-13-22-24-18(27)12-26(2)17-10-7-15(11-21-17)20-23-19(25-29-20)14-5-8-16(28-3)9-6-14/h5-11,13H,4,12H2,1-3H3. The Hall–Kier alpha value is -3.75. The zero-order valence-electron chi connectivity index (χ0n) is 16.5. The van der Waals surface area contributed by atoms with Gasteiger partial charge in [0.05, 0.1) is 19.2 Å². The lowest BCUT2D eigenvalue weighted by Gasteiger charge is -2.17. The molecule has 0 bridgehead atoms. The number of hydrogen-bond donors (Lipinski definition) is 0. The minimum absolute atomic E-state index is 0.420. The van der Waals surface area contributed by atoms with Gasteiger partial charge in [-0.2, -0.15) is 4.98 Å². The van der Waals surface area contributed by atoms with Gasteiger partial charge in [-0.3, -0.25) is 0 Å². The molecule has 29 heavy (non-hydrogen) atoms. The van der Waals surface area contributed by atoms with Crippen molar-refractivity contribution in [3.05, 3.63) is 54.7 Å². The number of pyridine rings is 1. The fourth-order valence-electron chi connectivity index (χ4n) is 2.90. The number of benzene rings is 1. The van der Waals surface area contributed by atoms with Crippen molar-refractivity contribution in [3.63, 3.8) is 0 Å². The summed E-state index contributed by atoms with van der Waals surface area (Å²) in [5.74, 6) is 3.42. The van der Waals surface area contributed by atoms with Crippen LogP contribution in [-0.2, 0) is 13.1 Å². The SMILES string of the molecule is CCn1cnnc1CN(C)c1ccc(-c2nc(-c3ccc(OC)cc3)no2)cn1. The maximum atomic E-state index is 5.41. The molecule has 0 aliphatic rings. The van der Waals surface area contributed by atoms with Crippen molar-refractivity contribution in [2.45, 2.75) is 20.0 Å². The summed E-state index contributed by atoms with van der Waals surface area (Å²) in [5, 5.41) is 12.2. The summed E-state index contributed by atoms with van der Waals surface area (Å²) in [7, 11) is 3.59. The summed E-state index contributed by atoms with van der Waals surface area (Å²) in [5.41, 5.74) is 1.61. The second-order valence-electron chi connectivity index (χ2n) is 6.45. The van der Waals surface area contributed by atoms with Crippen molar-refractivity contribution in [1.29, 1.82) is 0 Å². The molecular weight excluding hydrogens is 370 g/mol. The first-order chi connectivity index (χ1) is 14.2. The molecule has 9 nitrogen and oxygen atoms in total. The zero-order valence-corrected chi connectivity index (χ0v) is 16.5. The third-order valence-electron chi connectivity index (χ3n) is 4.58. The Morgan fingerprint density at radius 2 is 1.90 bits per heavy atom. The van der Waals surface area contributed by atoms with Crippen molar-refractivity contribution >= 4 is 5.82 Å². The molecule has 3 aromatic heterocycles. The fraction of sp³-hybridized carbons (Fsp3) is 0.250. The first-order valence-corrected chi connectivity index (χ1v) is 9.20. The first kappa shape index (κ1) is 18.6. The molecule has 0 saturated carbocycles. The van der Waals surface area contributed by atoms with E-state index in [1.54, 1.807) is 19.6 Å². The van der Waals surface area contributed by atoms with E-state index in [9.17, 15) is 0 Å². The highest BCUT2D eigenvalue weighted by Crippen LogP contribution is 2.24. The number of rotatable bonds is 7. The van der Waals surface area contributed by atoms with Crippen LogP contribution in [-0.4, -0.2) is 44.0 Å². The summed E-state index contributed by atoms with van der Waals surface area (Å²) in [6.45, 7) is 3.50. The van der Waals surface area contributed by atoms with Gasteiger partial charge in [0.1, 0.15) is 17.9 Å². The molecule has 1 aromatic carbocycles. The topological polar surface area (TPSA) is 95.0 Å². The average molecular weight is 391 g/mol. The normalized spacial score (nSPS) is 10.9. The van der Waals surface area contributed by atoms with E-state index in [4.69, 9.17) is 9.26 Å². The quantitative estimate of drug-likeness (QED) is 0.474. The van der Waals surface area contributed by atoms with Gasteiger partial charge in [-0.15, -0.1) is 10.2 Å².